The molecule has 1 rings (SSSR count). The summed E-state index contributed by atoms with van der Waals surface area (Å²) in [5.74, 6) is -3.35. The summed E-state index contributed by atoms with van der Waals surface area (Å²) in [6, 6.07) is 0. The van der Waals surface area contributed by atoms with Crippen molar-refractivity contribution >= 4 is 23.9 Å². The summed E-state index contributed by atoms with van der Waals surface area (Å²) in [5, 5.41) is 31.5. The average Bonchev–Trinajstić information content (AvgIpc) is 3.46. The van der Waals surface area contributed by atoms with E-state index in [9.17, 15) is 34.5 Å². The molecule has 79 heavy (non-hydrogen) atoms. The first-order valence-electron chi connectivity index (χ1n) is 30.9. The largest absolute Gasteiger partial charge is 0.479 e. The van der Waals surface area contributed by atoms with Crippen LogP contribution in [0.1, 0.15) is 239 Å². The van der Waals surface area contributed by atoms with E-state index < -0.39 is 67.3 Å². The summed E-state index contributed by atoms with van der Waals surface area (Å²) in [6.07, 6.45) is 60.9. The van der Waals surface area contributed by atoms with E-state index in [1.54, 1.807) is 6.08 Å². The number of carboxylic acids is 1. The molecule has 12 nitrogen and oxygen atoms in total. The van der Waals surface area contributed by atoms with Gasteiger partial charge in [0, 0.05) is 12.8 Å². The minimum atomic E-state index is -1.92. The molecule has 0 aliphatic carbocycles. The van der Waals surface area contributed by atoms with Crippen LogP contribution in [0.2, 0.25) is 0 Å². The van der Waals surface area contributed by atoms with Gasteiger partial charge in [-0.1, -0.05) is 246 Å². The number of hydrogen-bond donors (Lipinski definition) is 3. The molecule has 0 radical (unpaired) electrons. The van der Waals surface area contributed by atoms with Gasteiger partial charge in [-0.3, -0.25) is 14.4 Å². The van der Waals surface area contributed by atoms with Gasteiger partial charge in [0.2, 0.25) is 0 Å². The zero-order chi connectivity index (χ0) is 57.5. The molecule has 1 fully saturated rings. The summed E-state index contributed by atoms with van der Waals surface area (Å²) in [5.41, 5.74) is 0. The van der Waals surface area contributed by atoms with Crippen molar-refractivity contribution in [1.29, 1.82) is 0 Å². The smallest absolute Gasteiger partial charge is 0.335 e. The maximum absolute atomic E-state index is 13.1. The van der Waals surface area contributed by atoms with E-state index in [0.717, 1.165) is 89.9 Å². The lowest BCUT2D eigenvalue weighted by molar-refractivity contribution is -0.301. The van der Waals surface area contributed by atoms with Gasteiger partial charge in [0.15, 0.2) is 24.6 Å². The first kappa shape index (κ1) is 72.4. The van der Waals surface area contributed by atoms with Crippen molar-refractivity contribution in [2.75, 3.05) is 13.2 Å². The maximum Gasteiger partial charge on any atom is 0.335 e. The van der Waals surface area contributed by atoms with Crippen LogP contribution in [0.4, 0.5) is 0 Å². The second-order valence-corrected chi connectivity index (χ2v) is 20.6. The lowest BCUT2D eigenvalue weighted by Crippen LogP contribution is -2.61. The number of allylic oxidation sites excluding steroid dienone is 17. The molecule has 0 aromatic rings. The number of rotatable bonds is 51. The van der Waals surface area contributed by atoms with Crippen LogP contribution in [0.15, 0.2) is 109 Å². The number of carbonyl (C=O) groups excluding carboxylic acids is 3. The Morgan fingerprint density at radius 2 is 0.835 bits per heavy atom. The first-order chi connectivity index (χ1) is 38.6. The number of esters is 3. The van der Waals surface area contributed by atoms with Gasteiger partial charge in [-0.05, 0) is 83.5 Å². The van der Waals surface area contributed by atoms with Crippen molar-refractivity contribution in [3.8, 4) is 0 Å². The predicted molar refractivity (Wildman–Crippen MR) is 321 cm³/mol. The molecule has 1 heterocycles. The van der Waals surface area contributed by atoms with Crippen molar-refractivity contribution in [2.45, 2.75) is 276 Å². The Bertz CT molecular complexity index is 1790. The van der Waals surface area contributed by atoms with Gasteiger partial charge in [0.05, 0.1) is 13.0 Å². The lowest BCUT2D eigenvalue weighted by atomic mass is 9.98. The molecular formula is C67H108O12. The number of aliphatic hydroxyl groups is 2. The van der Waals surface area contributed by atoms with Crippen molar-refractivity contribution in [3.05, 3.63) is 109 Å². The third-order valence-electron chi connectivity index (χ3n) is 13.4. The van der Waals surface area contributed by atoms with Gasteiger partial charge in [-0.25, -0.2) is 4.79 Å². The Morgan fingerprint density at radius 3 is 1.28 bits per heavy atom. The molecule has 0 aromatic carbocycles. The van der Waals surface area contributed by atoms with Crippen molar-refractivity contribution in [3.63, 3.8) is 0 Å². The fraction of sp³-hybridized carbons (Fsp3) is 0.672. The molecule has 0 bridgehead atoms. The molecule has 448 valence electrons. The van der Waals surface area contributed by atoms with Gasteiger partial charge in [-0.15, -0.1) is 0 Å². The number of ether oxygens (including phenoxy) is 5. The van der Waals surface area contributed by atoms with E-state index in [-0.39, 0.29) is 25.9 Å². The Kier molecular flexibility index (Phi) is 49.5. The highest BCUT2D eigenvalue weighted by molar-refractivity contribution is 5.74. The number of hydrogen-bond acceptors (Lipinski definition) is 11. The molecule has 0 amide bonds. The standard InChI is InChI=1S/C67H108O12/c1-4-7-10-13-16-19-22-25-28-29-30-31-34-37-40-43-46-49-52-55-61(70)78-65-63(72)62(71)64(66(73)74)79-67(65)76-57-58(77-60(69)54-51-48-45-42-39-36-33-27-24-21-18-15-12-9-6-3)56-75-59(68)53-50-47-44-41-38-35-32-26-23-20-17-14-11-8-5-2/h8-9,11-12,17-18,20-21,26-27,32-33,38-39,41-42,47,50,58,62-65,67,71-72H,4-7,10,13-16,19,22-25,28-31,34-37,40,43-46,48-49,51-57H2,1-3H3,(H,73,74)/b11-8-,12-9-,20-17-,21-18-,32-26-,33-27-,41-38-,42-39-,50-47-. The van der Waals surface area contributed by atoms with Crippen LogP contribution < -0.4 is 0 Å². The SMILES string of the molecule is CC/C=C\C/C=C\C/C=C\C/C=C\C/C=C\CC(=O)OCC(COC1OC(C(=O)O)C(O)C(O)C1OC(=O)CCCCCCCCCCCCCCCCCCCCC)OC(=O)CCCC/C=C\C/C=C\C/C=C\C/C=C\CC. The van der Waals surface area contributed by atoms with Crippen LogP contribution >= 0.6 is 0 Å². The van der Waals surface area contributed by atoms with Crippen molar-refractivity contribution < 1.29 is 58.2 Å². The summed E-state index contributed by atoms with van der Waals surface area (Å²) in [4.78, 5) is 51.1. The third-order valence-corrected chi connectivity index (χ3v) is 13.4. The average molecular weight is 1110 g/mol. The summed E-state index contributed by atoms with van der Waals surface area (Å²) in [6.45, 7) is 5.65. The third kappa shape index (κ3) is 43.8. The number of unbranched alkanes of at least 4 members (excludes halogenated alkanes) is 20. The van der Waals surface area contributed by atoms with Crippen LogP contribution in [-0.4, -0.2) is 89.2 Å². The highest BCUT2D eigenvalue weighted by Crippen LogP contribution is 2.26. The molecule has 6 unspecified atom stereocenters. The molecule has 0 spiro atoms. The van der Waals surface area contributed by atoms with Crippen LogP contribution in [-0.2, 0) is 42.9 Å². The van der Waals surface area contributed by atoms with E-state index in [1.807, 2.05) is 12.2 Å². The summed E-state index contributed by atoms with van der Waals surface area (Å²) >= 11 is 0. The Balaban J connectivity index is 2.73. The van der Waals surface area contributed by atoms with Crippen LogP contribution in [0.5, 0.6) is 0 Å². The molecule has 12 heteroatoms. The van der Waals surface area contributed by atoms with E-state index >= 15 is 0 Å². The Labute approximate surface area is 478 Å². The van der Waals surface area contributed by atoms with E-state index in [0.29, 0.717) is 19.3 Å². The number of carboxylic acid groups (broad SMARTS) is 1. The van der Waals surface area contributed by atoms with E-state index in [4.69, 9.17) is 23.7 Å². The fourth-order valence-electron chi connectivity index (χ4n) is 8.73. The summed E-state index contributed by atoms with van der Waals surface area (Å²) < 4.78 is 28.3. The van der Waals surface area contributed by atoms with Gasteiger partial charge in [-0.2, -0.15) is 0 Å². The zero-order valence-electron chi connectivity index (χ0n) is 49.3. The maximum atomic E-state index is 13.1. The monoisotopic (exact) mass is 1100 g/mol. The second-order valence-electron chi connectivity index (χ2n) is 20.6. The molecule has 6 atom stereocenters. The summed E-state index contributed by atoms with van der Waals surface area (Å²) in [7, 11) is 0. The molecule has 0 aromatic heterocycles. The molecule has 3 N–H and O–H groups in total. The van der Waals surface area contributed by atoms with Crippen molar-refractivity contribution in [2.24, 2.45) is 0 Å². The molecule has 1 saturated heterocycles. The van der Waals surface area contributed by atoms with Gasteiger partial charge >= 0.3 is 23.9 Å². The molecule has 1 aliphatic heterocycles. The number of aliphatic hydroxyl groups excluding tert-OH is 2. The Hall–Kier alpha value is -4.62. The lowest BCUT2D eigenvalue weighted by Gasteiger charge is -2.40. The van der Waals surface area contributed by atoms with Gasteiger partial charge < -0.3 is 39.0 Å². The zero-order valence-corrected chi connectivity index (χ0v) is 49.3. The predicted octanol–water partition coefficient (Wildman–Crippen LogP) is 16.2. The van der Waals surface area contributed by atoms with Gasteiger partial charge in [0.25, 0.3) is 0 Å². The molecular weight excluding hydrogens is 997 g/mol. The van der Waals surface area contributed by atoms with Gasteiger partial charge in [0.1, 0.15) is 18.8 Å². The fourth-order valence-corrected chi connectivity index (χ4v) is 8.73. The van der Waals surface area contributed by atoms with E-state index in [2.05, 4.69) is 112 Å². The topological polar surface area (TPSA) is 175 Å². The minimum Gasteiger partial charge on any atom is -0.479 e. The highest BCUT2D eigenvalue weighted by Gasteiger charge is 2.50. The molecule has 0 saturated carbocycles. The second kappa shape index (κ2) is 54.0. The Morgan fingerprint density at radius 1 is 0.443 bits per heavy atom. The first-order valence-corrected chi connectivity index (χ1v) is 30.9. The van der Waals surface area contributed by atoms with E-state index in [1.165, 1.54) is 89.9 Å². The van der Waals surface area contributed by atoms with Crippen molar-refractivity contribution in [1.82, 2.24) is 0 Å². The number of aliphatic carboxylic acids is 1. The minimum absolute atomic E-state index is 0.0278. The highest BCUT2D eigenvalue weighted by atomic mass is 16.7. The quantitative estimate of drug-likeness (QED) is 0.0228. The van der Waals surface area contributed by atoms with Crippen LogP contribution in [0.3, 0.4) is 0 Å². The molecule has 1 aliphatic rings. The van der Waals surface area contributed by atoms with Crippen LogP contribution in [0, 0.1) is 0 Å². The van der Waals surface area contributed by atoms with Crippen LogP contribution in [0.25, 0.3) is 0 Å². The normalized spacial score (nSPS) is 18.6. The number of carbonyl (C=O) groups is 4.